The van der Waals surface area contributed by atoms with Crippen LogP contribution in [0.3, 0.4) is 0 Å². The van der Waals surface area contributed by atoms with Crippen LogP contribution in [-0.2, 0) is 14.8 Å². The normalized spacial score (nSPS) is 18.8. The summed E-state index contributed by atoms with van der Waals surface area (Å²) in [6.07, 6.45) is 6.15. The van der Waals surface area contributed by atoms with E-state index in [4.69, 9.17) is 4.74 Å². The van der Waals surface area contributed by atoms with Gasteiger partial charge in [-0.25, -0.2) is 17.4 Å². The Balaban J connectivity index is 1.99. The molecule has 0 aromatic carbocycles. The number of anilines is 1. The SMILES string of the molecule is C[C@@H]1COCCN1c1cc(-c2cn[nH]c2)nc2c1ccn2S(C)(=O)=O. The Morgan fingerprint density at radius 2 is 2.24 bits per heavy atom. The maximum atomic E-state index is 12.1. The molecule has 0 saturated carbocycles. The van der Waals surface area contributed by atoms with Gasteiger partial charge in [0.25, 0.3) is 0 Å². The Morgan fingerprint density at radius 3 is 2.92 bits per heavy atom. The highest BCUT2D eigenvalue weighted by Gasteiger charge is 2.24. The molecule has 0 radical (unpaired) electrons. The summed E-state index contributed by atoms with van der Waals surface area (Å²) in [5, 5.41) is 7.56. The second-order valence-corrected chi connectivity index (χ2v) is 8.10. The summed E-state index contributed by atoms with van der Waals surface area (Å²) >= 11 is 0. The van der Waals surface area contributed by atoms with Crippen LogP contribution < -0.4 is 4.90 Å². The van der Waals surface area contributed by atoms with Gasteiger partial charge in [-0.2, -0.15) is 5.10 Å². The van der Waals surface area contributed by atoms with Crippen LogP contribution in [0.4, 0.5) is 5.69 Å². The van der Waals surface area contributed by atoms with Crippen molar-refractivity contribution in [2.75, 3.05) is 30.9 Å². The van der Waals surface area contributed by atoms with Crippen LogP contribution in [0, 0.1) is 0 Å². The number of hydrogen-bond donors (Lipinski definition) is 1. The summed E-state index contributed by atoms with van der Waals surface area (Å²) in [5.74, 6) is 0. The minimum absolute atomic E-state index is 0.193. The number of pyridine rings is 1. The molecule has 0 spiro atoms. The monoisotopic (exact) mass is 361 g/mol. The molecule has 1 fully saturated rings. The first-order chi connectivity index (χ1) is 11.9. The summed E-state index contributed by atoms with van der Waals surface area (Å²) in [6, 6.07) is 3.99. The molecule has 1 aliphatic rings. The minimum Gasteiger partial charge on any atom is -0.377 e. The average Bonchev–Trinajstić information content (AvgIpc) is 3.23. The second kappa shape index (κ2) is 5.85. The van der Waals surface area contributed by atoms with Crippen LogP contribution in [0.25, 0.3) is 22.3 Å². The van der Waals surface area contributed by atoms with Crippen molar-refractivity contribution in [3.05, 3.63) is 30.7 Å². The zero-order valence-electron chi connectivity index (χ0n) is 14.0. The third-order valence-electron chi connectivity index (χ3n) is 4.43. The molecular formula is C16H19N5O3S. The zero-order chi connectivity index (χ0) is 17.6. The lowest BCUT2D eigenvalue weighted by Gasteiger charge is -2.35. The van der Waals surface area contributed by atoms with Crippen molar-refractivity contribution in [2.24, 2.45) is 0 Å². The zero-order valence-corrected chi connectivity index (χ0v) is 14.8. The first-order valence-corrected chi connectivity index (χ1v) is 9.86. The average molecular weight is 361 g/mol. The Labute approximate surface area is 145 Å². The fourth-order valence-electron chi connectivity index (χ4n) is 3.20. The van der Waals surface area contributed by atoms with Gasteiger partial charge in [-0.05, 0) is 19.1 Å². The summed E-state index contributed by atoms with van der Waals surface area (Å²) in [4.78, 5) is 6.83. The molecule has 4 rings (SSSR count). The van der Waals surface area contributed by atoms with Gasteiger partial charge >= 0.3 is 0 Å². The van der Waals surface area contributed by atoms with Gasteiger partial charge in [0.05, 0.1) is 37.0 Å². The van der Waals surface area contributed by atoms with Gasteiger partial charge in [-0.1, -0.05) is 0 Å². The number of ether oxygens (including phenoxy) is 1. The van der Waals surface area contributed by atoms with E-state index in [9.17, 15) is 8.42 Å². The lowest BCUT2D eigenvalue weighted by Crippen LogP contribution is -2.43. The first-order valence-electron chi connectivity index (χ1n) is 8.01. The molecule has 3 aromatic heterocycles. The van der Waals surface area contributed by atoms with Gasteiger partial charge in [0.2, 0.25) is 10.0 Å². The van der Waals surface area contributed by atoms with Crippen LogP contribution in [0.15, 0.2) is 30.7 Å². The number of rotatable bonds is 3. The Hall–Kier alpha value is -2.39. The summed E-state index contributed by atoms with van der Waals surface area (Å²) in [7, 11) is -3.45. The van der Waals surface area contributed by atoms with Gasteiger partial charge < -0.3 is 9.64 Å². The quantitative estimate of drug-likeness (QED) is 0.759. The molecule has 0 bridgehead atoms. The number of aromatic nitrogens is 4. The predicted molar refractivity (Wildman–Crippen MR) is 95.2 cm³/mol. The van der Waals surface area contributed by atoms with Gasteiger partial charge in [-0.15, -0.1) is 0 Å². The Morgan fingerprint density at radius 1 is 1.40 bits per heavy atom. The summed E-state index contributed by atoms with van der Waals surface area (Å²) < 4.78 is 31.0. The fourth-order valence-corrected chi connectivity index (χ4v) is 3.93. The second-order valence-electron chi connectivity index (χ2n) is 6.24. The van der Waals surface area contributed by atoms with Gasteiger partial charge in [0, 0.05) is 35.9 Å². The maximum absolute atomic E-state index is 12.1. The summed E-state index contributed by atoms with van der Waals surface area (Å²) in [5.41, 5.74) is 2.87. The molecule has 25 heavy (non-hydrogen) atoms. The third-order valence-corrected chi connectivity index (χ3v) is 5.44. The standard InChI is InChI=1S/C16H19N5O3S/c1-11-10-24-6-5-20(11)15-7-14(12-8-17-18-9-12)19-16-13(15)3-4-21(16)25(2,22)23/h3-4,7-9,11H,5-6,10H2,1-2H3,(H,17,18)/t11-/m1/s1. The maximum Gasteiger partial charge on any atom is 0.237 e. The molecule has 1 atom stereocenters. The van der Waals surface area contributed by atoms with E-state index in [2.05, 4.69) is 27.0 Å². The number of hydrogen-bond acceptors (Lipinski definition) is 6. The van der Waals surface area contributed by atoms with Gasteiger partial charge in [0.15, 0.2) is 5.65 Å². The van der Waals surface area contributed by atoms with Crippen molar-refractivity contribution in [3.8, 4) is 11.3 Å². The number of aromatic amines is 1. The van der Waals surface area contributed by atoms with Crippen molar-refractivity contribution in [1.82, 2.24) is 19.2 Å². The van der Waals surface area contributed by atoms with Crippen molar-refractivity contribution < 1.29 is 13.2 Å². The molecule has 1 aliphatic heterocycles. The molecule has 1 N–H and O–H groups in total. The smallest absolute Gasteiger partial charge is 0.237 e. The van der Waals surface area contributed by atoms with E-state index in [1.165, 1.54) is 10.2 Å². The highest BCUT2D eigenvalue weighted by molar-refractivity contribution is 7.89. The third kappa shape index (κ3) is 2.79. The van der Waals surface area contributed by atoms with Crippen molar-refractivity contribution in [2.45, 2.75) is 13.0 Å². The summed E-state index contributed by atoms with van der Waals surface area (Å²) in [6.45, 7) is 4.12. The lowest BCUT2D eigenvalue weighted by atomic mass is 10.1. The Kier molecular flexibility index (Phi) is 3.77. The molecule has 0 amide bonds. The first kappa shape index (κ1) is 16.1. The van der Waals surface area contributed by atoms with Crippen LogP contribution in [-0.4, -0.2) is 59.6 Å². The number of nitrogens with zero attached hydrogens (tertiary/aromatic N) is 4. The molecule has 4 heterocycles. The van der Waals surface area contributed by atoms with Crippen molar-refractivity contribution in [3.63, 3.8) is 0 Å². The van der Waals surface area contributed by atoms with Crippen LogP contribution in [0.1, 0.15) is 6.92 Å². The molecule has 132 valence electrons. The molecule has 0 aliphatic carbocycles. The van der Waals surface area contributed by atoms with Crippen LogP contribution in [0.2, 0.25) is 0 Å². The van der Waals surface area contributed by atoms with E-state index >= 15 is 0 Å². The van der Waals surface area contributed by atoms with Gasteiger partial charge in [0.1, 0.15) is 0 Å². The molecular weight excluding hydrogens is 342 g/mol. The van der Waals surface area contributed by atoms with E-state index in [0.717, 1.165) is 23.2 Å². The number of nitrogens with one attached hydrogen (secondary N) is 1. The Bertz CT molecular complexity index is 1010. The number of fused-ring (bicyclic) bond motifs is 1. The topological polar surface area (TPSA) is 93.1 Å². The van der Waals surface area contributed by atoms with Gasteiger partial charge in [-0.3, -0.25) is 5.10 Å². The van der Waals surface area contributed by atoms with E-state index in [0.29, 0.717) is 24.6 Å². The molecule has 3 aromatic rings. The minimum atomic E-state index is -3.45. The van der Waals surface area contributed by atoms with Crippen LogP contribution in [0.5, 0.6) is 0 Å². The molecule has 1 saturated heterocycles. The largest absolute Gasteiger partial charge is 0.377 e. The van der Waals surface area contributed by atoms with Crippen molar-refractivity contribution in [1.29, 1.82) is 0 Å². The molecule has 0 unspecified atom stereocenters. The van der Waals surface area contributed by atoms with E-state index in [1.54, 1.807) is 24.7 Å². The van der Waals surface area contributed by atoms with Crippen molar-refractivity contribution >= 4 is 26.7 Å². The highest BCUT2D eigenvalue weighted by atomic mass is 32.2. The van der Waals surface area contributed by atoms with E-state index in [-0.39, 0.29) is 6.04 Å². The molecule has 8 nitrogen and oxygen atoms in total. The van der Waals surface area contributed by atoms with E-state index in [1.807, 2.05) is 6.07 Å². The number of H-pyrrole nitrogens is 1. The van der Waals surface area contributed by atoms with E-state index < -0.39 is 10.0 Å². The van der Waals surface area contributed by atoms with Crippen LogP contribution >= 0.6 is 0 Å². The predicted octanol–water partition coefficient (Wildman–Crippen LogP) is 1.46. The lowest BCUT2D eigenvalue weighted by molar-refractivity contribution is 0.0991. The molecule has 9 heteroatoms. The fraction of sp³-hybridized carbons (Fsp3) is 0.375. The highest BCUT2D eigenvalue weighted by Crippen LogP contribution is 2.33. The number of morpholine rings is 1.